The zero-order valence-electron chi connectivity index (χ0n) is 11.5. The predicted octanol–water partition coefficient (Wildman–Crippen LogP) is 0.876. The number of amides is 1. The number of nitrogens with zero attached hydrogens (tertiary/aromatic N) is 4. The highest BCUT2D eigenvalue weighted by Crippen LogP contribution is 2.26. The lowest BCUT2D eigenvalue weighted by molar-refractivity contribution is -0.384. The molecule has 0 bridgehead atoms. The molecule has 0 saturated heterocycles. The number of carbonyl (C=O) groups excluding carboxylic acids is 1. The quantitative estimate of drug-likeness (QED) is 0.488. The third-order valence-electron chi connectivity index (χ3n) is 2.85. The number of anilines is 1. The maximum atomic E-state index is 12.3. The number of nitrogen functional groups attached to an aromatic ring is 1. The summed E-state index contributed by atoms with van der Waals surface area (Å²) >= 11 is 0. The van der Waals surface area contributed by atoms with Gasteiger partial charge < -0.3 is 10.6 Å². The topological polar surface area (TPSA) is 131 Å². The van der Waals surface area contributed by atoms with Gasteiger partial charge in [-0.2, -0.15) is 5.10 Å². The lowest BCUT2D eigenvalue weighted by Crippen LogP contribution is -2.27. The van der Waals surface area contributed by atoms with Gasteiger partial charge in [0, 0.05) is 7.05 Å². The van der Waals surface area contributed by atoms with Gasteiger partial charge in [-0.25, -0.2) is 4.98 Å². The van der Waals surface area contributed by atoms with E-state index in [-0.39, 0.29) is 23.5 Å². The van der Waals surface area contributed by atoms with Crippen LogP contribution in [0.25, 0.3) is 0 Å². The first-order valence-electron chi connectivity index (χ1n) is 6.06. The van der Waals surface area contributed by atoms with Crippen LogP contribution in [-0.2, 0) is 6.54 Å². The molecule has 0 atom stereocenters. The minimum Gasteiger partial charge on any atom is -0.393 e. The van der Waals surface area contributed by atoms with Gasteiger partial charge in [-0.3, -0.25) is 20.0 Å². The van der Waals surface area contributed by atoms with Crippen LogP contribution < -0.4 is 5.73 Å². The number of carbonyl (C=O) groups is 1. The Hall–Kier alpha value is -2.97. The van der Waals surface area contributed by atoms with Crippen molar-refractivity contribution in [2.75, 3.05) is 12.8 Å². The number of nitro benzene ring substituents is 1. The van der Waals surface area contributed by atoms with Crippen LogP contribution in [0.1, 0.15) is 22.0 Å². The van der Waals surface area contributed by atoms with Crippen molar-refractivity contribution in [3.05, 3.63) is 45.5 Å². The number of nitrogens with one attached hydrogen (secondary N) is 1. The van der Waals surface area contributed by atoms with Gasteiger partial charge in [0.05, 0.1) is 11.5 Å². The number of benzene rings is 1. The summed E-state index contributed by atoms with van der Waals surface area (Å²) < 4.78 is 0. The first kappa shape index (κ1) is 14.4. The van der Waals surface area contributed by atoms with Crippen molar-refractivity contribution in [3.8, 4) is 0 Å². The molecule has 0 aliphatic carbocycles. The number of hydrogen-bond acceptors (Lipinski definition) is 6. The molecule has 0 spiro atoms. The zero-order chi connectivity index (χ0) is 15.6. The predicted molar refractivity (Wildman–Crippen MR) is 74.4 cm³/mol. The molecule has 110 valence electrons. The van der Waals surface area contributed by atoms with Gasteiger partial charge in [0.25, 0.3) is 5.91 Å². The summed E-state index contributed by atoms with van der Waals surface area (Å²) in [5.74, 6) is 0.534. The molecule has 0 fully saturated rings. The Kier molecular flexibility index (Phi) is 3.83. The Labute approximate surface area is 119 Å². The summed E-state index contributed by atoms with van der Waals surface area (Å²) in [5, 5.41) is 17.6. The fourth-order valence-electron chi connectivity index (χ4n) is 1.89. The van der Waals surface area contributed by atoms with Gasteiger partial charge >= 0.3 is 5.69 Å². The van der Waals surface area contributed by atoms with Crippen molar-refractivity contribution in [2.24, 2.45) is 0 Å². The van der Waals surface area contributed by atoms with Gasteiger partial charge in [0.1, 0.15) is 17.1 Å². The Bertz CT molecular complexity index is 696. The van der Waals surface area contributed by atoms with E-state index in [4.69, 9.17) is 5.73 Å². The molecule has 21 heavy (non-hydrogen) atoms. The first-order chi connectivity index (χ1) is 9.90. The molecule has 0 radical (unpaired) electrons. The van der Waals surface area contributed by atoms with Crippen molar-refractivity contribution in [1.29, 1.82) is 0 Å². The lowest BCUT2D eigenvalue weighted by atomic mass is 10.1. The van der Waals surface area contributed by atoms with Crippen LogP contribution in [0.3, 0.4) is 0 Å². The maximum absolute atomic E-state index is 12.3. The first-order valence-corrected chi connectivity index (χ1v) is 6.06. The van der Waals surface area contributed by atoms with E-state index < -0.39 is 10.8 Å². The Morgan fingerprint density at radius 2 is 2.24 bits per heavy atom. The summed E-state index contributed by atoms with van der Waals surface area (Å²) in [7, 11) is 1.51. The Morgan fingerprint density at radius 3 is 2.81 bits per heavy atom. The van der Waals surface area contributed by atoms with Crippen LogP contribution in [0.2, 0.25) is 0 Å². The van der Waals surface area contributed by atoms with Crippen LogP contribution in [-0.4, -0.2) is 38.0 Å². The summed E-state index contributed by atoms with van der Waals surface area (Å²) in [6, 6.07) is 4.25. The fourth-order valence-corrected chi connectivity index (χ4v) is 1.89. The summed E-state index contributed by atoms with van der Waals surface area (Å²) in [5.41, 5.74) is 5.08. The fraction of sp³-hybridized carbons (Fsp3) is 0.250. The van der Waals surface area contributed by atoms with Gasteiger partial charge in [0.2, 0.25) is 0 Å². The number of nitro groups is 1. The molecule has 9 heteroatoms. The average Bonchev–Trinajstić information content (AvgIpc) is 2.82. The van der Waals surface area contributed by atoms with Gasteiger partial charge in [0.15, 0.2) is 5.82 Å². The molecular weight excluding hydrogens is 276 g/mol. The van der Waals surface area contributed by atoms with Crippen LogP contribution in [0.5, 0.6) is 0 Å². The molecule has 1 aromatic heterocycles. The molecule has 1 aromatic carbocycles. The average molecular weight is 290 g/mol. The zero-order valence-corrected chi connectivity index (χ0v) is 11.5. The molecule has 9 nitrogen and oxygen atoms in total. The third-order valence-corrected chi connectivity index (χ3v) is 2.85. The number of aromatic nitrogens is 3. The smallest absolute Gasteiger partial charge is 0.304 e. The van der Waals surface area contributed by atoms with Crippen LogP contribution in [0.4, 0.5) is 11.4 Å². The van der Waals surface area contributed by atoms with Gasteiger partial charge in [-0.1, -0.05) is 6.07 Å². The number of para-hydroxylation sites is 1. The minimum atomic E-state index is -0.659. The maximum Gasteiger partial charge on any atom is 0.304 e. The Balaban J connectivity index is 2.27. The number of H-pyrrole nitrogens is 1. The third kappa shape index (κ3) is 2.96. The van der Waals surface area contributed by atoms with E-state index >= 15 is 0 Å². The molecule has 0 unspecified atom stereocenters. The van der Waals surface area contributed by atoms with Crippen molar-refractivity contribution in [2.45, 2.75) is 13.5 Å². The number of aromatic amines is 1. The molecule has 0 aliphatic rings. The van der Waals surface area contributed by atoms with Crippen molar-refractivity contribution in [3.63, 3.8) is 0 Å². The van der Waals surface area contributed by atoms with E-state index in [0.717, 1.165) is 0 Å². The van der Waals surface area contributed by atoms with Gasteiger partial charge in [-0.05, 0) is 19.1 Å². The summed E-state index contributed by atoms with van der Waals surface area (Å²) in [6.45, 7) is 1.87. The number of rotatable bonds is 4. The monoisotopic (exact) mass is 290 g/mol. The SMILES string of the molecule is Cc1nc(CN(C)C(=O)c2cccc(N)c2[N+](=O)[O-])n[nH]1. The molecule has 2 rings (SSSR count). The number of aryl methyl sites for hydroxylation is 1. The van der Waals surface area contributed by atoms with E-state index in [1.165, 1.54) is 30.1 Å². The molecule has 0 aliphatic heterocycles. The lowest BCUT2D eigenvalue weighted by Gasteiger charge is -2.15. The largest absolute Gasteiger partial charge is 0.393 e. The van der Waals surface area contributed by atoms with Crippen molar-refractivity contribution < 1.29 is 9.72 Å². The van der Waals surface area contributed by atoms with Crippen LogP contribution in [0.15, 0.2) is 18.2 Å². The second-order valence-electron chi connectivity index (χ2n) is 4.50. The molecule has 2 aromatic rings. The second-order valence-corrected chi connectivity index (χ2v) is 4.50. The highest BCUT2D eigenvalue weighted by Gasteiger charge is 2.25. The number of nitrogens with two attached hydrogens (primary N) is 1. The van der Waals surface area contributed by atoms with Gasteiger partial charge in [-0.15, -0.1) is 0 Å². The van der Waals surface area contributed by atoms with Crippen molar-refractivity contribution >= 4 is 17.3 Å². The number of hydrogen-bond donors (Lipinski definition) is 2. The van der Waals surface area contributed by atoms with Crippen LogP contribution >= 0.6 is 0 Å². The summed E-state index contributed by atoms with van der Waals surface area (Å²) in [4.78, 5) is 28.1. The van der Waals surface area contributed by atoms with E-state index in [1.54, 1.807) is 6.92 Å². The van der Waals surface area contributed by atoms with E-state index in [0.29, 0.717) is 11.6 Å². The minimum absolute atomic E-state index is 0.0482. The summed E-state index contributed by atoms with van der Waals surface area (Å²) in [6.07, 6.45) is 0. The molecule has 3 N–H and O–H groups in total. The Morgan fingerprint density at radius 1 is 1.52 bits per heavy atom. The highest BCUT2D eigenvalue weighted by atomic mass is 16.6. The highest BCUT2D eigenvalue weighted by molar-refractivity contribution is 6.00. The van der Waals surface area contributed by atoms with E-state index in [9.17, 15) is 14.9 Å². The molecule has 1 heterocycles. The standard InChI is InChI=1S/C12H14N6O3/c1-7-14-10(16-15-7)6-17(2)12(19)8-4-3-5-9(13)11(8)18(20)21/h3-5H,6,13H2,1-2H3,(H,14,15,16). The normalized spacial score (nSPS) is 10.4. The van der Waals surface area contributed by atoms with E-state index in [2.05, 4.69) is 15.2 Å². The van der Waals surface area contributed by atoms with Crippen LogP contribution in [0, 0.1) is 17.0 Å². The molecular formula is C12H14N6O3. The van der Waals surface area contributed by atoms with Crippen molar-refractivity contribution in [1.82, 2.24) is 20.1 Å². The molecule has 1 amide bonds. The molecule has 0 saturated carbocycles. The van der Waals surface area contributed by atoms with E-state index in [1.807, 2.05) is 0 Å². The second kappa shape index (κ2) is 5.57.